The largest absolute Gasteiger partial charge is 0.481 e. The first kappa shape index (κ1) is 26.8. The van der Waals surface area contributed by atoms with E-state index >= 15 is 0 Å². The summed E-state index contributed by atoms with van der Waals surface area (Å²) in [6, 6.07) is 20.5. The Hall–Kier alpha value is -3.80. The van der Waals surface area contributed by atoms with Crippen molar-refractivity contribution < 1.29 is 19.1 Å². The molecule has 10 nitrogen and oxygen atoms in total. The fourth-order valence-electron chi connectivity index (χ4n) is 5.70. The van der Waals surface area contributed by atoms with Crippen LogP contribution in [0.5, 0.6) is 0 Å². The number of carbonyl (C=O) groups is 1. The number of anilines is 1. The molecule has 0 unspecified atom stereocenters. The van der Waals surface area contributed by atoms with Gasteiger partial charge < -0.3 is 20.0 Å². The number of hydrogen-bond donors (Lipinski definition) is 3. The minimum atomic E-state index is -2.85. The van der Waals surface area contributed by atoms with Gasteiger partial charge in [0.2, 0.25) is 5.95 Å². The summed E-state index contributed by atoms with van der Waals surface area (Å²) in [5, 5.41) is 11.7. The van der Waals surface area contributed by atoms with Crippen molar-refractivity contribution in [2.75, 3.05) is 12.3 Å². The molecule has 3 heterocycles. The molecule has 0 bridgehead atoms. The summed E-state index contributed by atoms with van der Waals surface area (Å²) < 4.78 is 15.2. The number of nitrogen functional groups attached to an aromatic ring is 1. The number of hydrogen-bond acceptors (Lipinski definition) is 7. The molecule has 0 aliphatic carbocycles. The summed E-state index contributed by atoms with van der Waals surface area (Å²) in [6.07, 6.45) is 0.750. The number of nitrogens with zero attached hydrogens (tertiary/aromatic N) is 3. The van der Waals surface area contributed by atoms with E-state index in [9.17, 15) is 14.7 Å². The first-order valence-corrected chi connectivity index (χ1v) is 14.9. The van der Waals surface area contributed by atoms with Crippen LogP contribution in [0, 0.1) is 5.92 Å². The molecule has 5 rings (SSSR count). The molecule has 0 amide bonds. The second kappa shape index (κ2) is 10.4. The lowest BCUT2D eigenvalue weighted by atomic mass is 9.97. The van der Waals surface area contributed by atoms with Crippen molar-refractivity contribution in [1.82, 2.24) is 19.5 Å². The third-order valence-corrected chi connectivity index (χ3v) is 12.4. The van der Waals surface area contributed by atoms with E-state index in [1.165, 1.54) is 6.33 Å². The number of rotatable bonds is 8. The Labute approximate surface area is 227 Å². The van der Waals surface area contributed by atoms with Gasteiger partial charge in [0.15, 0.2) is 11.2 Å². The lowest BCUT2D eigenvalue weighted by molar-refractivity contribution is -0.138. The molecule has 1 aliphatic heterocycles. The quantitative estimate of drug-likeness (QED) is 0.286. The van der Waals surface area contributed by atoms with Crippen LogP contribution in [0.3, 0.4) is 0 Å². The van der Waals surface area contributed by atoms with E-state index in [0.29, 0.717) is 12.1 Å². The number of benzene rings is 2. The number of nitrogens with two attached hydrogens (primary N) is 1. The smallest absolute Gasteiger partial charge is 0.303 e. The third-order valence-electron chi connectivity index (χ3n) is 7.44. The summed E-state index contributed by atoms with van der Waals surface area (Å²) >= 11 is 0. The van der Waals surface area contributed by atoms with E-state index in [1.54, 1.807) is 4.57 Å². The molecule has 1 aliphatic rings. The molecule has 1 fully saturated rings. The van der Waals surface area contributed by atoms with Gasteiger partial charge in [0, 0.05) is 5.92 Å². The van der Waals surface area contributed by atoms with Gasteiger partial charge in [-0.15, -0.1) is 0 Å². The van der Waals surface area contributed by atoms with Crippen molar-refractivity contribution in [3.05, 3.63) is 77.3 Å². The van der Waals surface area contributed by atoms with Gasteiger partial charge in [-0.25, -0.2) is 4.98 Å². The van der Waals surface area contributed by atoms with Crippen molar-refractivity contribution in [2.45, 2.75) is 51.0 Å². The van der Waals surface area contributed by atoms with Gasteiger partial charge >= 0.3 is 5.97 Å². The number of H-pyrrole nitrogens is 1. The molecule has 2 aromatic carbocycles. The minimum absolute atomic E-state index is 0.0269. The average Bonchev–Trinajstić information content (AvgIpc) is 3.48. The molecule has 2 aromatic heterocycles. The molecule has 11 heteroatoms. The summed E-state index contributed by atoms with van der Waals surface area (Å²) in [5.41, 5.74) is 5.78. The maximum absolute atomic E-state index is 12.3. The van der Waals surface area contributed by atoms with Crippen LogP contribution in [0.2, 0.25) is 5.04 Å². The Bertz CT molecular complexity index is 1480. The van der Waals surface area contributed by atoms with Gasteiger partial charge in [-0.2, -0.15) is 4.98 Å². The fraction of sp³-hybridized carbons (Fsp3) is 0.357. The SMILES string of the molecule is CC(C)(C)[Si](OC[C@H]1O[C@@H](n2cnc3c(=O)[nH]c(N)nc32)C[C@@H]1CC(=O)O)(c1ccccc1)c1ccccc1. The topological polar surface area (TPSA) is 145 Å². The first-order chi connectivity index (χ1) is 18.6. The number of imidazole rings is 1. The van der Waals surface area contributed by atoms with Gasteiger partial charge in [0.1, 0.15) is 6.23 Å². The van der Waals surface area contributed by atoms with E-state index < -0.39 is 32.2 Å². The molecule has 4 N–H and O–H groups in total. The molecular formula is C28H33N5O5Si. The highest BCUT2D eigenvalue weighted by molar-refractivity contribution is 6.99. The first-order valence-electron chi connectivity index (χ1n) is 12.9. The predicted octanol–water partition coefficient (Wildman–Crippen LogP) is 2.66. The van der Waals surface area contributed by atoms with Crippen LogP contribution in [0.15, 0.2) is 71.8 Å². The van der Waals surface area contributed by atoms with Crippen LogP contribution < -0.4 is 21.7 Å². The lowest BCUT2D eigenvalue weighted by Gasteiger charge is -2.43. The highest BCUT2D eigenvalue weighted by atomic mass is 28.4. The van der Waals surface area contributed by atoms with Gasteiger partial charge in [0.05, 0.1) is 25.5 Å². The Morgan fingerprint density at radius 2 is 1.77 bits per heavy atom. The Kier molecular flexibility index (Phi) is 7.14. The molecule has 39 heavy (non-hydrogen) atoms. The van der Waals surface area contributed by atoms with E-state index in [0.717, 1.165) is 10.4 Å². The number of fused-ring (bicyclic) bond motifs is 1. The number of aromatic amines is 1. The fourth-order valence-corrected chi connectivity index (χ4v) is 10.3. The third kappa shape index (κ3) is 5.00. The van der Waals surface area contributed by atoms with Gasteiger partial charge in [-0.3, -0.25) is 19.1 Å². The zero-order chi connectivity index (χ0) is 27.8. The monoisotopic (exact) mass is 547 g/mol. The zero-order valence-electron chi connectivity index (χ0n) is 22.2. The van der Waals surface area contributed by atoms with Crippen LogP contribution in [0.1, 0.15) is 39.8 Å². The molecule has 0 radical (unpaired) electrons. The summed E-state index contributed by atoms with van der Waals surface area (Å²) in [4.78, 5) is 35.0. The minimum Gasteiger partial charge on any atom is -0.481 e. The highest BCUT2D eigenvalue weighted by Crippen LogP contribution is 2.40. The lowest BCUT2D eigenvalue weighted by Crippen LogP contribution is -2.67. The molecule has 4 aromatic rings. The number of aliphatic carboxylic acids is 1. The Balaban J connectivity index is 1.51. The van der Waals surface area contributed by atoms with Crippen molar-refractivity contribution in [3.8, 4) is 0 Å². The van der Waals surface area contributed by atoms with E-state index in [2.05, 4.69) is 60.0 Å². The van der Waals surface area contributed by atoms with Gasteiger partial charge in [-0.1, -0.05) is 81.4 Å². The molecule has 0 spiro atoms. The number of nitrogens with one attached hydrogen (secondary N) is 1. The molecule has 0 saturated carbocycles. The van der Waals surface area contributed by atoms with Crippen LogP contribution in [-0.2, 0) is 14.0 Å². The van der Waals surface area contributed by atoms with Crippen molar-refractivity contribution in [3.63, 3.8) is 0 Å². The van der Waals surface area contributed by atoms with Gasteiger partial charge in [0.25, 0.3) is 13.9 Å². The maximum Gasteiger partial charge on any atom is 0.303 e. The molecule has 1 saturated heterocycles. The molecule has 3 atom stereocenters. The highest BCUT2D eigenvalue weighted by Gasteiger charge is 2.51. The predicted molar refractivity (Wildman–Crippen MR) is 150 cm³/mol. The van der Waals surface area contributed by atoms with Crippen molar-refractivity contribution in [2.24, 2.45) is 5.92 Å². The summed E-state index contributed by atoms with van der Waals surface area (Å²) in [7, 11) is -2.85. The van der Waals surface area contributed by atoms with Crippen LogP contribution in [0.25, 0.3) is 11.2 Å². The van der Waals surface area contributed by atoms with Crippen molar-refractivity contribution in [1.29, 1.82) is 0 Å². The van der Waals surface area contributed by atoms with E-state index in [4.69, 9.17) is 14.9 Å². The average molecular weight is 548 g/mol. The van der Waals surface area contributed by atoms with Crippen LogP contribution in [-0.4, -0.2) is 51.6 Å². The number of carboxylic acid groups (broad SMARTS) is 1. The zero-order valence-corrected chi connectivity index (χ0v) is 23.2. The summed E-state index contributed by atoms with van der Waals surface area (Å²) in [6.45, 7) is 6.79. The second-order valence-corrected chi connectivity index (χ2v) is 15.3. The standard InChI is InChI=1S/C28H33N5O5Si/c1-28(2,3)39(19-10-6-4-7-11-19,20-12-8-5-9-13-20)37-16-21-18(15-23(34)35)14-22(38-21)33-17-30-24-25(33)31-27(29)32-26(24)36/h4-13,17-18,21-22H,14-16H2,1-3H3,(H,34,35)(H3,29,31,32,36)/t18-,21-,22-/m1/s1. The van der Waals surface area contributed by atoms with Crippen LogP contribution >= 0.6 is 0 Å². The van der Waals surface area contributed by atoms with Crippen LogP contribution in [0.4, 0.5) is 5.95 Å². The van der Waals surface area contributed by atoms with E-state index in [1.807, 2.05) is 36.4 Å². The maximum atomic E-state index is 12.3. The van der Waals surface area contributed by atoms with E-state index in [-0.39, 0.29) is 35.4 Å². The summed E-state index contributed by atoms with van der Waals surface area (Å²) in [5.74, 6) is -1.25. The van der Waals surface area contributed by atoms with Crippen molar-refractivity contribution >= 4 is 41.8 Å². The number of aromatic nitrogens is 4. The Morgan fingerprint density at radius 3 is 2.33 bits per heavy atom. The van der Waals surface area contributed by atoms with Gasteiger partial charge in [-0.05, 0) is 21.8 Å². The molecular weight excluding hydrogens is 514 g/mol. The normalized spacial score (nSPS) is 19.9. The number of carboxylic acids is 1. The Morgan fingerprint density at radius 1 is 1.15 bits per heavy atom. The second-order valence-electron chi connectivity index (χ2n) is 11.0. The molecule has 204 valence electrons. The number of ether oxygens (including phenoxy) is 1.